The van der Waals surface area contributed by atoms with Crippen LogP contribution in [0.25, 0.3) is 0 Å². The maximum Gasteiger partial charge on any atom is 0.383 e. The van der Waals surface area contributed by atoms with Gasteiger partial charge in [-0.1, -0.05) is 41.9 Å². The van der Waals surface area contributed by atoms with Crippen LogP contribution in [-0.2, 0) is 0 Å². The zero-order valence-electron chi connectivity index (χ0n) is 9.04. The van der Waals surface area contributed by atoms with Crippen LogP contribution in [0.2, 0.25) is 5.02 Å². The van der Waals surface area contributed by atoms with Crippen molar-refractivity contribution in [1.29, 1.82) is 0 Å². The van der Waals surface area contributed by atoms with E-state index < -0.39 is 10.7 Å². The first kappa shape index (κ1) is 12.2. The lowest BCUT2D eigenvalue weighted by atomic mass is 10.1. The van der Waals surface area contributed by atoms with Crippen molar-refractivity contribution in [2.45, 2.75) is 0 Å². The molecule has 0 aliphatic heterocycles. The topological polar surface area (TPSA) is 73.1 Å². The summed E-state index contributed by atoms with van der Waals surface area (Å²) < 4.78 is 0. The fourth-order valence-electron chi connectivity index (χ4n) is 1.42. The van der Waals surface area contributed by atoms with Gasteiger partial charge in [0.05, 0.1) is 0 Å². The van der Waals surface area contributed by atoms with E-state index in [1.807, 2.05) is 0 Å². The van der Waals surface area contributed by atoms with Gasteiger partial charge in [0.25, 0.3) is 0 Å². The number of rotatable bonds is 3. The third kappa shape index (κ3) is 2.36. The molecule has 0 aliphatic rings. The molecular weight excluding hydrogens is 256 g/mol. The van der Waals surface area contributed by atoms with E-state index in [9.17, 15) is 14.9 Å². The lowest BCUT2D eigenvalue weighted by molar-refractivity contribution is -0.389. The molecule has 1 aromatic carbocycles. The van der Waals surface area contributed by atoms with E-state index in [2.05, 4.69) is 4.98 Å². The van der Waals surface area contributed by atoms with Gasteiger partial charge < -0.3 is 10.1 Å². The van der Waals surface area contributed by atoms with E-state index in [1.54, 1.807) is 30.3 Å². The molecule has 90 valence electrons. The number of nitrogens with zero attached hydrogens (tertiary/aromatic N) is 2. The number of carbonyl (C=O) groups is 1. The monoisotopic (exact) mass is 262 g/mol. The highest BCUT2D eigenvalue weighted by Crippen LogP contribution is 2.22. The first-order valence-electron chi connectivity index (χ1n) is 5.00. The lowest BCUT2D eigenvalue weighted by Gasteiger charge is -1.98. The van der Waals surface area contributed by atoms with E-state index in [0.29, 0.717) is 5.56 Å². The van der Waals surface area contributed by atoms with Crippen molar-refractivity contribution in [3.63, 3.8) is 0 Å². The third-order valence-electron chi connectivity index (χ3n) is 2.27. The molecule has 1 heterocycles. The molecule has 0 amide bonds. The molecule has 5 nitrogen and oxygen atoms in total. The minimum absolute atomic E-state index is 0.00250. The van der Waals surface area contributed by atoms with Gasteiger partial charge in [-0.3, -0.25) is 4.79 Å². The summed E-state index contributed by atoms with van der Waals surface area (Å²) in [5.74, 6) is -0.895. The molecule has 0 spiro atoms. The molecule has 1 aromatic heterocycles. The molecule has 0 saturated heterocycles. The zero-order chi connectivity index (χ0) is 13.1. The summed E-state index contributed by atoms with van der Waals surface area (Å²) in [4.78, 5) is 25.6. The van der Waals surface area contributed by atoms with Crippen LogP contribution in [0.4, 0.5) is 5.82 Å². The van der Waals surface area contributed by atoms with Crippen molar-refractivity contribution in [3.8, 4) is 0 Å². The molecule has 0 N–H and O–H groups in total. The molecule has 0 unspecified atom stereocenters. The average molecular weight is 263 g/mol. The van der Waals surface area contributed by atoms with Gasteiger partial charge in [-0.15, -0.1) is 0 Å². The van der Waals surface area contributed by atoms with Gasteiger partial charge in [0.1, 0.15) is 5.02 Å². The summed E-state index contributed by atoms with van der Waals surface area (Å²) in [5, 5.41) is 10.6. The summed E-state index contributed by atoms with van der Waals surface area (Å²) >= 11 is 5.63. The van der Waals surface area contributed by atoms with Crippen LogP contribution in [0, 0.1) is 10.1 Å². The number of benzene rings is 1. The Hall–Kier alpha value is -2.27. The number of nitro groups is 1. The van der Waals surface area contributed by atoms with Gasteiger partial charge in [0.15, 0.2) is 0 Å². The van der Waals surface area contributed by atoms with Crippen LogP contribution in [0.5, 0.6) is 0 Å². The quantitative estimate of drug-likeness (QED) is 0.484. The Morgan fingerprint density at radius 2 is 1.83 bits per heavy atom. The number of ketones is 1. The number of pyridine rings is 1. The Morgan fingerprint density at radius 3 is 2.44 bits per heavy atom. The SMILES string of the molecule is O=C(c1ccccc1)c1ccc(Cl)c([N+](=O)[O-])n1. The number of halogens is 1. The number of hydrogen-bond donors (Lipinski definition) is 0. The van der Waals surface area contributed by atoms with Crippen molar-refractivity contribution in [2.24, 2.45) is 0 Å². The van der Waals surface area contributed by atoms with E-state index >= 15 is 0 Å². The molecule has 0 atom stereocenters. The maximum absolute atomic E-state index is 12.0. The van der Waals surface area contributed by atoms with Crippen LogP contribution in [0.3, 0.4) is 0 Å². The van der Waals surface area contributed by atoms with Crippen molar-refractivity contribution in [1.82, 2.24) is 4.98 Å². The normalized spacial score (nSPS) is 10.1. The molecule has 0 aliphatic carbocycles. The molecule has 0 radical (unpaired) electrons. The second-order valence-electron chi connectivity index (χ2n) is 3.45. The molecule has 0 saturated carbocycles. The largest absolute Gasteiger partial charge is 0.383 e. The number of carbonyl (C=O) groups excluding carboxylic acids is 1. The minimum Gasteiger partial charge on any atom is -0.358 e. The summed E-state index contributed by atoms with van der Waals surface area (Å²) in [7, 11) is 0. The molecule has 2 aromatic rings. The van der Waals surface area contributed by atoms with Gasteiger partial charge in [-0.25, -0.2) is 0 Å². The molecule has 0 bridgehead atoms. The van der Waals surface area contributed by atoms with E-state index in [-0.39, 0.29) is 16.5 Å². The zero-order valence-corrected chi connectivity index (χ0v) is 9.79. The highest BCUT2D eigenvalue weighted by Gasteiger charge is 2.21. The summed E-state index contributed by atoms with van der Waals surface area (Å²) in [6.07, 6.45) is 0. The Labute approximate surface area is 107 Å². The third-order valence-corrected chi connectivity index (χ3v) is 2.56. The van der Waals surface area contributed by atoms with Gasteiger partial charge in [0, 0.05) is 5.56 Å². The summed E-state index contributed by atoms with van der Waals surface area (Å²) in [6, 6.07) is 11.1. The van der Waals surface area contributed by atoms with E-state index in [0.717, 1.165) is 0 Å². The Balaban J connectivity index is 2.44. The first-order valence-corrected chi connectivity index (χ1v) is 5.38. The van der Waals surface area contributed by atoms with Crippen LogP contribution in [-0.4, -0.2) is 15.7 Å². The van der Waals surface area contributed by atoms with Gasteiger partial charge >= 0.3 is 5.82 Å². The van der Waals surface area contributed by atoms with Crippen molar-refractivity contribution in [2.75, 3.05) is 0 Å². The van der Waals surface area contributed by atoms with Gasteiger partial charge in [-0.05, 0) is 22.0 Å². The average Bonchev–Trinajstić information content (AvgIpc) is 2.39. The minimum atomic E-state index is -0.718. The smallest absolute Gasteiger partial charge is 0.358 e. The fraction of sp³-hybridized carbons (Fsp3) is 0. The van der Waals surface area contributed by atoms with Crippen LogP contribution < -0.4 is 0 Å². The second kappa shape index (κ2) is 4.93. The van der Waals surface area contributed by atoms with Crippen LogP contribution >= 0.6 is 11.6 Å². The lowest BCUT2D eigenvalue weighted by Crippen LogP contribution is -2.06. The predicted octanol–water partition coefficient (Wildman–Crippen LogP) is 2.87. The van der Waals surface area contributed by atoms with Gasteiger partial charge in [-0.2, -0.15) is 0 Å². The molecule has 0 fully saturated rings. The summed E-state index contributed by atoms with van der Waals surface area (Å²) in [6.45, 7) is 0. The maximum atomic E-state index is 12.0. The first-order chi connectivity index (χ1) is 8.59. The molecular formula is C12H7ClN2O3. The van der Waals surface area contributed by atoms with Crippen LogP contribution in [0.15, 0.2) is 42.5 Å². The number of aromatic nitrogens is 1. The molecule has 18 heavy (non-hydrogen) atoms. The van der Waals surface area contributed by atoms with Gasteiger partial charge in [0.2, 0.25) is 11.5 Å². The highest BCUT2D eigenvalue weighted by molar-refractivity contribution is 6.32. The van der Waals surface area contributed by atoms with Crippen molar-refractivity contribution in [3.05, 3.63) is 68.9 Å². The molecule has 2 rings (SSSR count). The summed E-state index contributed by atoms with van der Waals surface area (Å²) in [5.41, 5.74) is 0.416. The standard InChI is InChI=1S/C12H7ClN2O3/c13-9-6-7-10(14-12(9)15(17)18)11(16)8-4-2-1-3-5-8/h1-7H. The Kier molecular flexibility index (Phi) is 3.34. The predicted molar refractivity (Wildman–Crippen MR) is 65.8 cm³/mol. The Bertz CT molecular complexity index is 614. The van der Waals surface area contributed by atoms with Crippen molar-refractivity contribution < 1.29 is 9.72 Å². The fourth-order valence-corrected chi connectivity index (χ4v) is 1.60. The van der Waals surface area contributed by atoms with Crippen molar-refractivity contribution >= 4 is 23.2 Å². The molecule has 6 heteroatoms. The van der Waals surface area contributed by atoms with E-state index in [1.165, 1.54) is 12.1 Å². The van der Waals surface area contributed by atoms with E-state index in [4.69, 9.17) is 11.6 Å². The second-order valence-corrected chi connectivity index (χ2v) is 3.86. The van der Waals surface area contributed by atoms with Crippen LogP contribution in [0.1, 0.15) is 16.1 Å². The Morgan fingerprint density at radius 1 is 1.17 bits per heavy atom. The highest BCUT2D eigenvalue weighted by atomic mass is 35.5. The number of hydrogen-bond acceptors (Lipinski definition) is 4.